The molecule has 2 heterocycles. The summed E-state index contributed by atoms with van der Waals surface area (Å²) in [4.78, 5) is 9.79. The van der Waals surface area contributed by atoms with Crippen molar-refractivity contribution in [3.8, 4) is 5.75 Å². The number of halogens is 1. The number of benzene rings is 1. The standard InChI is InChI=1S/C22H37N5O.HI/c1-4-23-22(25-16-18(2)17-27-12-10-26(3)11-13-27)24-9-7-19-5-6-21-20(15-19)8-14-28-21;/h5-6,15,18H,4,7-14,16-17H2,1-3H3,(H2,23,24,25);1H. The maximum atomic E-state index is 5.59. The van der Waals surface area contributed by atoms with E-state index in [1.165, 1.54) is 37.3 Å². The van der Waals surface area contributed by atoms with E-state index in [1.807, 2.05) is 0 Å². The number of nitrogens with one attached hydrogen (secondary N) is 2. The molecule has 1 fully saturated rings. The molecule has 6 nitrogen and oxygen atoms in total. The van der Waals surface area contributed by atoms with Crippen LogP contribution in [0.5, 0.6) is 5.75 Å². The van der Waals surface area contributed by atoms with E-state index < -0.39 is 0 Å². The number of ether oxygens (including phenoxy) is 1. The molecule has 0 aliphatic carbocycles. The molecule has 1 aromatic carbocycles. The van der Waals surface area contributed by atoms with E-state index in [1.54, 1.807) is 0 Å². The number of likely N-dealkylation sites (N-methyl/N-ethyl adjacent to an activating group) is 1. The predicted molar refractivity (Wildman–Crippen MR) is 132 cm³/mol. The molecule has 0 bridgehead atoms. The van der Waals surface area contributed by atoms with Gasteiger partial charge in [-0.25, -0.2) is 0 Å². The van der Waals surface area contributed by atoms with Crippen molar-refractivity contribution < 1.29 is 4.74 Å². The summed E-state index contributed by atoms with van der Waals surface area (Å²) in [5, 5.41) is 6.86. The average molecular weight is 515 g/mol. The smallest absolute Gasteiger partial charge is 0.191 e. The predicted octanol–water partition coefficient (Wildman–Crippen LogP) is 2.22. The van der Waals surface area contributed by atoms with Crippen LogP contribution in [0.25, 0.3) is 0 Å². The van der Waals surface area contributed by atoms with E-state index in [-0.39, 0.29) is 24.0 Å². The first kappa shape index (κ1) is 24.2. The molecular weight excluding hydrogens is 477 g/mol. The van der Waals surface area contributed by atoms with Crippen LogP contribution in [0.1, 0.15) is 25.0 Å². The highest BCUT2D eigenvalue weighted by Gasteiger charge is 2.16. The lowest BCUT2D eigenvalue weighted by molar-refractivity contribution is 0.140. The Morgan fingerprint density at radius 2 is 2.00 bits per heavy atom. The Labute approximate surface area is 193 Å². The number of hydrogen-bond donors (Lipinski definition) is 2. The van der Waals surface area contributed by atoms with Gasteiger partial charge in [0.25, 0.3) is 0 Å². The molecule has 1 atom stereocenters. The van der Waals surface area contributed by atoms with Crippen molar-refractivity contribution in [3.05, 3.63) is 29.3 Å². The van der Waals surface area contributed by atoms with Gasteiger partial charge in [-0.3, -0.25) is 4.99 Å². The summed E-state index contributed by atoms with van der Waals surface area (Å²) in [5.41, 5.74) is 2.70. The minimum absolute atomic E-state index is 0. The molecule has 0 amide bonds. The van der Waals surface area contributed by atoms with E-state index in [2.05, 4.69) is 59.5 Å². The average Bonchev–Trinajstić information content (AvgIpc) is 3.16. The van der Waals surface area contributed by atoms with E-state index in [4.69, 9.17) is 9.73 Å². The van der Waals surface area contributed by atoms with Gasteiger partial charge in [0.1, 0.15) is 5.75 Å². The quantitative estimate of drug-likeness (QED) is 0.316. The van der Waals surface area contributed by atoms with Gasteiger partial charge in [0.05, 0.1) is 6.61 Å². The Bertz CT molecular complexity index is 646. The summed E-state index contributed by atoms with van der Waals surface area (Å²) in [6, 6.07) is 6.57. The van der Waals surface area contributed by atoms with Crippen LogP contribution in [0, 0.1) is 5.92 Å². The van der Waals surface area contributed by atoms with Crippen molar-refractivity contribution in [3.63, 3.8) is 0 Å². The second-order valence-electron chi connectivity index (χ2n) is 8.15. The monoisotopic (exact) mass is 515 g/mol. The number of piperazine rings is 1. The Balaban J connectivity index is 0.00000300. The molecule has 29 heavy (non-hydrogen) atoms. The summed E-state index contributed by atoms with van der Waals surface area (Å²) < 4.78 is 5.59. The highest BCUT2D eigenvalue weighted by atomic mass is 127. The van der Waals surface area contributed by atoms with Crippen molar-refractivity contribution in [2.45, 2.75) is 26.7 Å². The SMILES string of the molecule is CCNC(=NCC(C)CN1CCN(C)CC1)NCCc1ccc2c(c1)CCO2.I. The Morgan fingerprint density at radius 3 is 2.76 bits per heavy atom. The van der Waals surface area contributed by atoms with E-state index >= 15 is 0 Å². The van der Waals surface area contributed by atoms with Gasteiger partial charge < -0.3 is 25.2 Å². The molecule has 164 valence electrons. The van der Waals surface area contributed by atoms with Crippen LogP contribution in [-0.2, 0) is 12.8 Å². The Hall–Kier alpha value is -1.06. The van der Waals surface area contributed by atoms with Crippen molar-refractivity contribution in [2.75, 3.05) is 66.0 Å². The number of fused-ring (bicyclic) bond motifs is 1. The molecule has 0 spiro atoms. The number of hydrogen-bond acceptors (Lipinski definition) is 4. The fourth-order valence-electron chi connectivity index (χ4n) is 3.84. The van der Waals surface area contributed by atoms with Crippen LogP contribution in [0.15, 0.2) is 23.2 Å². The number of rotatable bonds is 8. The molecule has 7 heteroatoms. The minimum Gasteiger partial charge on any atom is -0.493 e. The molecule has 0 aromatic heterocycles. The lowest BCUT2D eigenvalue weighted by Crippen LogP contribution is -2.46. The van der Waals surface area contributed by atoms with E-state index in [0.717, 1.165) is 57.3 Å². The second-order valence-corrected chi connectivity index (χ2v) is 8.15. The molecule has 2 aliphatic heterocycles. The Morgan fingerprint density at radius 1 is 1.21 bits per heavy atom. The molecule has 1 unspecified atom stereocenters. The van der Waals surface area contributed by atoms with E-state index in [9.17, 15) is 0 Å². The highest BCUT2D eigenvalue weighted by Crippen LogP contribution is 2.25. The molecule has 2 aliphatic rings. The van der Waals surface area contributed by atoms with Gasteiger partial charge in [-0.1, -0.05) is 19.1 Å². The van der Waals surface area contributed by atoms with Crippen molar-refractivity contribution in [1.29, 1.82) is 0 Å². The summed E-state index contributed by atoms with van der Waals surface area (Å²) >= 11 is 0. The number of guanidine groups is 1. The largest absolute Gasteiger partial charge is 0.493 e. The van der Waals surface area contributed by atoms with Gasteiger partial charge in [0.2, 0.25) is 0 Å². The topological polar surface area (TPSA) is 52.1 Å². The third kappa shape index (κ3) is 7.94. The molecule has 1 aromatic rings. The van der Waals surface area contributed by atoms with E-state index in [0.29, 0.717) is 5.92 Å². The molecule has 1 saturated heterocycles. The highest BCUT2D eigenvalue weighted by molar-refractivity contribution is 14.0. The first-order chi connectivity index (χ1) is 13.6. The molecule has 0 radical (unpaired) electrons. The van der Waals surface area contributed by atoms with Gasteiger partial charge in [0.15, 0.2) is 5.96 Å². The maximum absolute atomic E-state index is 5.59. The van der Waals surface area contributed by atoms with Gasteiger partial charge in [-0.05, 0) is 43.5 Å². The van der Waals surface area contributed by atoms with Crippen molar-refractivity contribution in [1.82, 2.24) is 20.4 Å². The summed E-state index contributed by atoms with van der Waals surface area (Å²) in [6.45, 7) is 13.7. The van der Waals surface area contributed by atoms with Crippen LogP contribution in [0.2, 0.25) is 0 Å². The molecular formula is C22H38IN5O. The van der Waals surface area contributed by atoms with Crippen LogP contribution in [0.3, 0.4) is 0 Å². The fourth-order valence-corrected chi connectivity index (χ4v) is 3.84. The van der Waals surface area contributed by atoms with Gasteiger partial charge in [-0.2, -0.15) is 0 Å². The zero-order chi connectivity index (χ0) is 19.8. The van der Waals surface area contributed by atoms with Crippen LogP contribution < -0.4 is 15.4 Å². The van der Waals surface area contributed by atoms with Gasteiger partial charge in [-0.15, -0.1) is 24.0 Å². The zero-order valence-corrected chi connectivity index (χ0v) is 20.6. The fraction of sp³-hybridized carbons (Fsp3) is 0.682. The summed E-state index contributed by atoms with van der Waals surface area (Å²) in [7, 11) is 2.20. The summed E-state index contributed by atoms with van der Waals surface area (Å²) in [6.07, 6.45) is 2.03. The third-order valence-corrected chi connectivity index (χ3v) is 5.53. The first-order valence-corrected chi connectivity index (χ1v) is 10.8. The maximum Gasteiger partial charge on any atom is 0.191 e. The lowest BCUT2D eigenvalue weighted by Gasteiger charge is -2.33. The number of aliphatic imine (C=N–C) groups is 1. The normalized spacial score (nSPS) is 18.5. The van der Waals surface area contributed by atoms with Crippen LogP contribution in [-0.4, -0.2) is 81.8 Å². The third-order valence-electron chi connectivity index (χ3n) is 5.53. The number of nitrogens with zero attached hydrogens (tertiary/aromatic N) is 3. The zero-order valence-electron chi connectivity index (χ0n) is 18.2. The van der Waals surface area contributed by atoms with Crippen LogP contribution in [0.4, 0.5) is 0 Å². The minimum atomic E-state index is 0. The Kier molecular flexibility index (Phi) is 10.5. The lowest BCUT2D eigenvalue weighted by atomic mass is 10.1. The van der Waals surface area contributed by atoms with Crippen LogP contribution >= 0.6 is 24.0 Å². The van der Waals surface area contributed by atoms with Crippen molar-refractivity contribution >= 4 is 29.9 Å². The van der Waals surface area contributed by atoms with Gasteiger partial charge >= 0.3 is 0 Å². The molecule has 0 saturated carbocycles. The molecule has 3 rings (SSSR count). The second kappa shape index (κ2) is 12.6. The first-order valence-electron chi connectivity index (χ1n) is 10.8. The van der Waals surface area contributed by atoms with Gasteiger partial charge in [0, 0.05) is 58.8 Å². The van der Waals surface area contributed by atoms with Crippen molar-refractivity contribution in [2.24, 2.45) is 10.9 Å². The summed E-state index contributed by atoms with van der Waals surface area (Å²) in [5.74, 6) is 2.55. The molecule has 2 N–H and O–H groups in total.